The number of ether oxygens (including phenoxy) is 1. The predicted octanol–water partition coefficient (Wildman–Crippen LogP) is 3.33. The van der Waals surface area contributed by atoms with E-state index in [-0.39, 0.29) is 11.2 Å². The average molecular weight is 275 g/mol. The van der Waals surface area contributed by atoms with Crippen molar-refractivity contribution >= 4 is 33.9 Å². The Morgan fingerprint density at radius 1 is 1.65 bits per heavy atom. The summed E-state index contributed by atoms with van der Waals surface area (Å²) in [6, 6.07) is 0.374. The van der Waals surface area contributed by atoms with E-state index in [4.69, 9.17) is 4.74 Å². The van der Waals surface area contributed by atoms with Gasteiger partial charge in [0.1, 0.15) is 15.2 Å². The fourth-order valence-corrected chi connectivity index (χ4v) is 3.63. The molecule has 1 rings (SSSR count). The minimum absolute atomic E-state index is 0.132. The van der Waals surface area contributed by atoms with Gasteiger partial charge in [-0.1, -0.05) is 30.4 Å². The van der Waals surface area contributed by atoms with Crippen LogP contribution in [0.3, 0.4) is 0 Å². The number of aliphatic imine (C=N–C) groups is 1. The molecule has 0 unspecified atom stereocenters. The van der Waals surface area contributed by atoms with Gasteiger partial charge in [0.05, 0.1) is 6.04 Å². The second-order valence-electron chi connectivity index (χ2n) is 5.10. The van der Waals surface area contributed by atoms with Crippen LogP contribution >= 0.6 is 23.5 Å². The van der Waals surface area contributed by atoms with Crippen molar-refractivity contribution in [2.45, 2.75) is 57.9 Å². The van der Waals surface area contributed by atoms with E-state index in [1.54, 1.807) is 23.5 Å². The summed E-state index contributed by atoms with van der Waals surface area (Å²) in [5, 5.41) is -0.134. The molecule has 0 radical (unpaired) electrons. The Morgan fingerprint density at radius 2 is 2.29 bits per heavy atom. The molecule has 0 aromatic heterocycles. The second kappa shape index (κ2) is 6.14. The monoisotopic (exact) mass is 275 g/mol. The highest BCUT2D eigenvalue weighted by molar-refractivity contribution is 8.39. The molecule has 0 amide bonds. The number of carbonyl (C=O) groups excluding carboxylic acids is 1. The van der Waals surface area contributed by atoms with Crippen LogP contribution in [0.15, 0.2) is 4.99 Å². The van der Waals surface area contributed by atoms with Crippen LogP contribution in [0.2, 0.25) is 0 Å². The zero-order chi connectivity index (χ0) is 13.1. The lowest BCUT2D eigenvalue weighted by Gasteiger charge is -2.22. The summed E-state index contributed by atoms with van der Waals surface area (Å²) in [4.78, 5) is 16.4. The number of hydrogen-bond donors (Lipinski definition) is 0. The number of rotatable bonds is 3. The van der Waals surface area contributed by atoms with Crippen LogP contribution in [0, 0.1) is 0 Å². The minimum atomic E-state index is -0.414. The van der Waals surface area contributed by atoms with Gasteiger partial charge in [-0.15, -0.1) is 0 Å². The van der Waals surface area contributed by atoms with Crippen molar-refractivity contribution in [1.82, 2.24) is 0 Å². The van der Waals surface area contributed by atoms with Gasteiger partial charge >= 0.3 is 5.97 Å². The lowest BCUT2D eigenvalue weighted by atomic mass is 10.2. The maximum Gasteiger partial charge on any atom is 0.320 e. The molecule has 98 valence electrons. The van der Waals surface area contributed by atoms with E-state index in [1.165, 1.54) is 0 Å². The Balaban J connectivity index is 2.54. The standard InChI is InChI=1S/C12H21NO2S2/c1-6-9(10(14)15-12(3,4)5)17-11-13-8(2)7-16-11/h8-9H,6-7H2,1-5H3/t8-,9-/m0/s1. The third-order valence-electron chi connectivity index (χ3n) is 2.06. The maximum atomic E-state index is 12.0. The van der Waals surface area contributed by atoms with Crippen molar-refractivity contribution in [3.05, 3.63) is 0 Å². The van der Waals surface area contributed by atoms with E-state index in [2.05, 4.69) is 11.9 Å². The third kappa shape index (κ3) is 5.34. The molecule has 0 spiro atoms. The summed E-state index contributed by atoms with van der Waals surface area (Å²) < 4.78 is 6.43. The predicted molar refractivity (Wildman–Crippen MR) is 76.9 cm³/mol. The number of hydrogen-bond acceptors (Lipinski definition) is 5. The molecular formula is C12H21NO2S2. The first-order chi connectivity index (χ1) is 7.81. The fourth-order valence-electron chi connectivity index (χ4n) is 1.30. The molecule has 0 fully saturated rings. The van der Waals surface area contributed by atoms with E-state index >= 15 is 0 Å². The SMILES string of the molecule is CC[C@H](SC1=N[C@@H](C)CS1)C(=O)OC(C)(C)C. The summed E-state index contributed by atoms with van der Waals surface area (Å²) in [6.45, 7) is 9.78. The third-order valence-corrected chi connectivity index (χ3v) is 4.82. The number of thioether (sulfide) groups is 2. The molecule has 0 aromatic carbocycles. The van der Waals surface area contributed by atoms with Crippen molar-refractivity contribution < 1.29 is 9.53 Å². The largest absolute Gasteiger partial charge is 0.459 e. The van der Waals surface area contributed by atoms with Crippen LogP contribution in [0.4, 0.5) is 0 Å². The molecule has 1 aliphatic heterocycles. The summed E-state index contributed by atoms with van der Waals surface area (Å²) in [5.74, 6) is 0.889. The van der Waals surface area contributed by atoms with Gasteiger partial charge in [0.2, 0.25) is 0 Å². The Morgan fingerprint density at radius 3 is 2.71 bits per heavy atom. The van der Waals surface area contributed by atoms with Crippen LogP contribution in [-0.2, 0) is 9.53 Å². The zero-order valence-electron chi connectivity index (χ0n) is 11.1. The van der Waals surface area contributed by atoms with E-state index in [1.807, 2.05) is 27.7 Å². The fraction of sp³-hybridized carbons (Fsp3) is 0.833. The lowest BCUT2D eigenvalue weighted by molar-refractivity contribution is -0.154. The molecule has 0 bridgehead atoms. The van der Waals surface area contributed by atoms with Gasteiger partial charge in [-0.2, -0.15) is 0 Å². The Labute approximate surface area is 112 Å². The van der Waals surface area contributed by atoms with Crippen LogP contribution in [0.25, 0.3) is 0 Å². The molecule has 0 aromatic rings. The molecule has 0 N–H and O–H groups in total. The highest BCUT2D eigenvalue weighted by atomic mass is 32.2. The van der Waals surface area contributed by atoms with E-state index in [9.17, 15) is 4.79 Å². The smallest absolute Gasteiger partial charge is 0.320 e. The van der Waals surface area contributed by atoms with E-state index in [0.29, 0.717) is 6.04 Å². The topological polar surface area (TPSA) is 38.7 Å². The quantitative estimate of drug-likeness (QED) is 0.741. The van der Waals surface area contributed by atoms with Crippen LogP contribution in [0.5, 0.6) is 0 Å². The highest BCUT2D eigenvalue weighted by Gasteiger charge is 2.27. The van der Waals surface area contributed by atoms with Crippen LogP contribution in [0.1, 0.15) is 41.0 Å². The summed E-state index contributed by atoms with van der Waals surface area (Å²) >= 11 is 3.28. The number of nitrogens with zero attached hydrogens (tertiary/aromatic N) is 1. The normalized spacial score (nSPS) is 22.2. The van der Waals surface area contributed by atoms with Gasteiger partial charge in [0, 0.05) is 5.75 Å². The first-order valence-corrected chi connectivity index (χ1v) is 7.78. The van der Waals surface area contributed by atoms with E-state index < -0.39 is 5.60 Å². The molecule has 0 saturated heterocycles. The molecule has 3 nitrogen and oxygen atoms in total. The summed E-state index contributed by atoms with van der Waals surface area (Å²) in [5.41, 5.74) is -0.414. The first kappa shape index (κ1) is 14.9. The van der Waals surface area contributed by atoms with Crippen molar-refractivity contribution in [3.63, 3.8) is 0 Å². The van der Waals surface area contributed by atoms with Gasteiger partial charge in [-0.05, 0) is 34.1 Å². The minimum Gasteiger partial charge on any atom is -0.459 e. The molecule has 0 saturated carbocycles. The summed E-state index contributed by atoms with van der Waals surface area (Å²) in [7, 11) is 0. The maximum absolute atomic E-state index is 12.0. The Hall–Kier alpha value is -0.160. The molecule has 17 heavy (non-hydrogen) atoms. The molecule has 0 aliphatic carbocycles. The Kier molecular flexibility index (Phi) is 5.38. The average Bonchev–Trinajstić information content (AvgIpc) is 2.57. The van der Waals surface area contributed by atoms with Gasteiger partial charge in [0.15, 0.2) is 0 Å². The zero-order valence-corrected chi connectivity index (χ0v) is 12.8. The van der Waals surface area contributed by atoms with Gasteiger partial charge < -0.3 is 4.74 Å². The van der Waals surface area contributed by atoms with Crippen molar-refractivity contribution in [2.24, 2.45) is 4.99 Å². The van der Waals surface area contributed by atoms with Gasteiger partial charge in [0.25, 0.3) is 0 Å². The molecular weight excluding hydrogens is 254 g/mol. The number of esters is 1. The second-order valence-corrected chi connectivity index (χ2v) is 7.56. The van der Waals surface area contributed by atoms with Gasteiger partial charge in [-0.25, -0.2) is 0 Å². The Bertz CT molecular complexity index is 310. The summed E-state index contributed by atoms with van der Waals surface area (Å²) in [6.07, 6.45) is 0.771. The molecule has 1 heterocycles. The highest BCUT2D eigenvalue weighted by Crippen LogP contribution is 2.31. The van der Waals surface area contributed by atoms with Gasteiger partial charge in [-0.3, -0.25) is 9.79 Å². The van der Waals surface area contributed by atoms with Crippen LogP contribution < -0.4 is 0 Å². The lowest BCUT2D eigenvalue weighted by Crippen LogP contribution is -2.30. The van der Waals surface area contributed by atoms with E-state index in [0.717, 1.165) is 16.5 Å². The van der Waals surface area contributed by atoms with Crippen molar-refractivity contribution in [2.75, 3.05) is 5.75 Å². The van der Waals surface area contributed by atoms with Crippen molar-refractivity contribution in [1.29, 1.82) is 0 Å². The first-order valence-electron chi connectivity index (χ1n) is 5.92. The van der Waals surface area contributed by atoms with Crippen molar-refractivity contribution in [3.8, 4) is 0 Å². The molecule has 2 atom stereocenters. The molecule has 5 heteroatoms. The number of carbonyl (C=O) groups is 1. The van der Waals surface area contributed by atoms with Crippen LogP contribution in [-0.4, -0.2) is 33.0 Å². The molecule has 1 aliphatic rings.